The van der Waals surface area contributed by atoms with E-state index in [1.807, 2.05) is 19.2 Å². The van der Waals surface area contributed by atoms with Gasteiger partial charge in [-0.2, -0.15) is 0 Å². The van der Waals surface area contributed by atoms with Gasteiger partial charge in [0.15, 0.2) is 0 Å². The minimum absolute atomic E-state index is 0.596. The van der Waals surface area contributed by atoms with Crippen LogP contribution in [0.3, 0.4) is 0 Å². The van der Waals surface area contributed by atoms with Crippen LogP contribution in [0.2, 0.25) is 0 Å². The average molecular weight is 579 g/mol. The summed E-state index contributed by atoms with van der Waals surface area (Å²) in [7, 11) is 1.84. The Morgan fingerprint density at radius 2 is 2.25 bits per heavy atom. The van der Waals surface area contributed by atoms with Gasteiger partial charge in [-0.25, -0.2) is 0 Å². The number of amides is 1. The van der Waals surface area contributed by atoms with Crippen LogP contribution < -0.4 is 15.4 Å². The minimum Gasteiger partial charge on any atom is -0.358 e. The summed E-state index contributed by atoms with van der Waals surface area (Å²) >= 11 is 0.957. The molecule has 0 fully saturated rings. The van der Waals surface area contributed by atoms with E-state index in [9.17, 15) is 4.79 Å². The Balaban J connectivity index is 1.37. The zero-order valence-corrected chi connectivity index (χ0v) is 20.2. The average Bonchev–Trinajstić information content (AvgIpc) is 3.08. The Kier molecular flexibility index (Phi) is 8.07. The molecule has 0 aromatic carbocycles. The number of carbonyl (C=O) groups excluding carboxylic acids is 1. The molecule has 0 unspecified atom stereocenters. The van der Waals surface area contributed by atoms with Crippen LogP contribution in [-0.2, 0) is 24.2 Å². The van der Waals surface area contributed by atoms with Crippen molar-refractivity contribution in [3.05, 3.63) is 35.2 Å². The van der Waals surface area contributed by atoms with Crippen LogP contribution in [0.25, 0.3) is 0 Å². The number of rotatable bonds is 11. The summed E-state index contributed by atoms with van der Waals surface area (Å²) in [6, 6.07) is 3.90. The molecule has 3 radical (unpaired) electrons. The molecule has 8 nitrogen and oxygen atoms in total. The number of hydrogen-bond donors (Lipinski definition) is 2. The van der Waals surface area contributed by atoms with Crippen LogP contribution in [0.4, 0.5) is 5.82 Å². The molecule has 1 aliphatic rings. The van der Waals surface area contributed by atoms with Gasteiger partial charge in [-0.15, -0.1) is 0 Å². The SMILES string of the molecule is CNc1nc(OCCCCN2CCc3n[n]([Pb])cc3C2)ccc1CCNC=O. The first-order valence-corrected chi connectivity index (χ1v) is 11.4. The van der Waals surface area contributed by atoms with Crippen molar-refractivity contribution in [1.82, 2.24) is 22.8 Å². The second kappa shape index (κ2) is 10.7. The third kappa shape index (κ3) is 5.90. The number of unbranched alkanes of at least 4 members (excludes halogenated alkanes) is 1. The van der Waals surface area contributed by atoms with Gasteiger partial charge in [0.2, 0.25) is 6.41 Å². The van der Waals surface area contributed by atoms with Crippen molar-refractivity contribution in [3.63, 3.8) is 0 Å². The number of fused-ring (bicyclic) bond motifs is 1. The molecule has 2 aromatic heterocycles. The normalized spacial score (nSPS) is 13.8. The van der Waals surface area contributed by atoms with Crippen molar-refractivity contribution in [2.45, 2.75) is 32.2 Å². The van der Waals surface area contributed by atoms with Crippen LogP contribution in [0.15, 0.2) is 18.3 Å². The molecule has 1 amide bonds. The Bertz CT molecular complexity index is 782. The van der Waals surface area contributed by atoms with Gasteiger partial charge in [0.05, 0.1) is 0 Å². The van der Waals surface area contributed by atoms with Crippen LogP contribution in [-0.4, -0.2) is 83.2 Å². The molecule has 2 aromatic rings. The van der Waals surface area contributed by atoms with Gasteiger partial charge < -0.3 is 10.6 Å². The molecule has 0 aliphatic carbocycles. The van der Waals surface area contributed by atoms with Crippen LogP contribution >= 0.6 is 0 Å². The molecule has 1 aliphatic heterocycles. The van der Waals surface area contributed by atoms with Crippen molar-refractivity contribution in [2.24, 2.45) is 0 Å². The molecule has 0 saturated heterocycles. The molecular weight excluding hydrogens is 551 g/mol. The van der Waals surface area contributed by atoms with Crippen molar-refractivity contribution in [3.8, 4) is 5.88 Å². The van der Waals surface area contributed by atoms with E-state index in [0.717, 1.165) is 82.8 Å². The summed E-state index contributed by atoms with van der Waals surface area (Å²) < 4.78 is 7.88. The summed E-state index contributed by atoms with van der Waals surface area (Å²) in [4.78, 5) is 17.4. The van der Waals surface area contributed by atoms with Crippen LogP contribution in [0.1, 0.15) is 29.7 Å². The summed E-state index contributed by atoms with van der Waals surface area (Å²) in [6.45, 7) is 4.47. The molecule has 0 atom stereocenters. The maximum atomic E-state index is 10.4. The fourth-order valence-electron chi connectivity index (χ4n) is 3.41. The van der Waals surface area contributed by atoms with E-state index in [1.54, 1.807) is 0 Å². The Morgan fingerprint density at radius 3 is 3.07 bits per heavy atom. The van der Waals surface area contributed by atoms with Crippen LogP contribution in [0.5, 0.6) is 5.88 Å². The Morgan fingerprint density at radius 1 is 1.36 bits per heavy atom. The zero-order valence-electron chi connectivity index (χ0n) is 16.3. The second-order valence-electron chi connectivity index (χ2n) is 6.86. The smallest absolute Gasteiger partial charge is 0.358 e. The summed E-state index contributed by atoms with van der Waals surface area (Å²) in [5.41, 5.74) is 3.74. The van der Waals surface area contributed by atoms with Crippen molar-refractivity contribution in [2.75, 3.05) is 38.6 Å². The monoisotopic (exact) mass is 579 g/mol. The van der Waals surface area contributed by atoms with Crippen molar-refractivity contribution >= 4 is 38.3 Å². The van der Waals surface area contributed by atoms with Crippen molar-refractivity contribution in [1.29, 1.82) is 0 Å². The Hall–Kier alpha value is -1.69. The van der Waals surface area contributed by atoms with E-state index in [4.69, 9.17) is 4.74 Å². The standard InChI is InChI=1S/C19H28N6O2.Pb/c1-20-19-15(6-8-21-14-26)4-5-18(23-19)27-11-3-2-9-25-10-7-17-16(13-25)12-22-24-17;/h4-5,12,14H,2-3,6-11,13H2,1H3,(H3,20,21,22,23,24,26);/q;+1/p-1. The van der Waals surface area contributed by atoms with E-state index in [1.165, 1.54) is 11.3 Å². The van der Waals surface area contributed by atoms with E-state index in [0.29, 0.717) is 25.4 Å². The van der Waals surface area contributed by atoms with Gasteiger partial charge in [-0.3, -0.25) is 4.79 Å². The van der Waals surface area contributed by atoms with Gasteiger partial charge in [-0.05, 0) is 18.1 Å². The molecule has 149 valence electrons. The molecule has 0 saturated carbocycles. The van der Waals surface area contributed by atoms with Crippen molar-refractivity contribution < 1.29 is 9.53 Å². The third-order valence-corrected chi connectivity index (χ3v) is 5.76. The molecule has 2 N–H and O–H groups in total. The molecule has 0 bridgehead atoms. The van der Waals surface area contributed by atoms with E-state index in [2.05, 4.69) is 34.3 Å². The van der Waals surface area contributed by atoms with E-state index >= 15 is 0 Å². The van der Waals surface area contributed by atoms with Gasteiger partial charge in [-0.1, -0.05) is 0 Å². The molecule has 0 spiro atoms. The summed E-state index contributed by atoms with van der Waals surface area (Å²) in [6.07, 6.45) is 6.82. The first kappa shape index (κ1) is 21.0. The van der Waals surface area contributed by atoms with E-state index in [-0.39, 0.29) is 0 Å². The number of aromatic nitrogens is 3. The number of anilines is 1. The van der Waals surface area contributed by atoms with Gasteiger partial charge in [0.1, 0.15) is 5.82 Å². The molecular formula is C19H27N6O2Pb. The maximum absolute atomic E-state index is 10.4. The fourth-order valence-corrected chi connectivity index (χ4v) is 4.49. The molecule has 28 heavy (non-hydrogen) atoms. The summed E-state index contributed by atoms with van der Waals surface area (Å²) in [5.74, 6) is 1.44. The predicted octanol–water partition coefficient (Wildman–Crippen LogP) is 0.757. The number of ether oxygens (including phenoxy) is 1. The van der Waals surface area contributed by atoms with Gasteiger partial charge in [0.25, 0.3) is 0 Å². The second-order valence-corrected chi connectivity index (χ2v) is 8.64. The molecule has 3 heterocycles. The number of nitrogens with one attached hydrogen (secondary N) is 2. The third-order valence-electron chi connectivity index (χ3n) is 4.87. The number of nitrogens with zero attached hydrogens (tertiary/aromatic N) is 4. The predicted molar refractivity (Wildman–Crippen MR) is 109 cm³/mol. The molecule has 9 heteroatoms. The number of hydrogen-bond acceptors (Lipinski definition) is 6. The number of pyridine rings is 1. The van der Waals surface area contributed by atoms with Gasteiger partial charge >= 0.3 is 123 Å². The topological polar surface area (TPSA) is 84.3 Å². The number of carbonyl (C=O) groups is 1. The first-order valence-electron chi connectivity index (χ1n) is 9.68. The fraction of sp³-hybridized carbons (Fsp3) is 0.526. The molecule has 3 rings (SSSR count). The first-order chi connectivity index (χ1) is 13.7. The van der Waals surface area contributed by atoms with Gasteiger partial charge in [0, 0.05) is 13.6 Å². The Labute approximate surface area is 182 Å². The quantitative estimate of drug-likeness (QED) is 0.233. The van der Waals surface area contributed by atoms with Crippen LogP contribution in [0, 0.1) is 0 Å². The van der Waals surface area contributed by atoms with E-state index < -0.39 is 0 Å². The summed E-state index contributed by atoms with van der Waals surface area (Å²) in [5, 5.41) is 10.3. The minimum atomic E-state index is 0.596. The zero-order chi connectivity index (χ0) is 19.8.